The highest BCUT2D eigenvalue weighted by Crippen LogP contribution is 2.26. The van der Waals surface area contributed by atoms with E-state index in [0.717, 1.165) is 38.4 Å². The molecule has 0 saturated heterocycles. The van der Waals surface area contributed by atoms with Crippen molar-refractivity contribution in [3.8, 4) is 0 Å². The second-order valence-electron chi connectivity index (χ2n) is 6.54. The van der Waals surface area contributed by atoms with E-state index in [9.17, 15) is 4.79 Å². The first kappa shape index (κ1) is 18.3. The van der Waals surface area contributed by atoms with Gasteiger partial charge in [-0.25, -0.2) is 4.98 Å². The average molecular weight is 366 g/mol. The predicted molar refractivity (Wildman–Crippen MR) is 111 cm³/mol. The van der Waals surface area contributed by atoms with Crippen molar-refractivity contribution in [2.75, 3.05) is 30.1 Å². The molecule has 0 aliphatic heterocycles. The van der Waals surface area contributed by atoms with Gasteiger partial charge in [-0.2, -0.15) is 0 Å². The normalized spacial score (nSPS) is 10.8. The van der Waals surface area contributed by atoms with E-state index >= 15 is 0 Å². The van der Waals surface area contributed by atoms with E-state index in [0.29, 0.717) is 5.75 Å². The minimum absolute atomic E-state index is 0.0290. The van der Waals surface area contributed by atoms with Gasteiger partial charge in [0.1, 0.15) is 5.03 Å². The van der Waals surface area contributed by atoms with E-state index in [-0.39, 0.29) is 5.91 Å². The molecule has 0 unspecified atom stereocenters. The molecule has 1 heterocycles. The summed E-state index contributed by atoms with van der Waals surface area (Å²) in [4.78, 5) is 19.1. The van der Waals surface area contributed by atoms with Gasteiger partial charge in [0, 0.05) is 30.9 Å². The molecule has 1 N–H and O–H groups in total. The molecule has 3 aromatic rings. The second kappa shape index (κ2) is 7.79. The fraction of sp³-hybridized carbons (Fsp3) is 0.238. The molecule has 0 spiro atoms. The molecule has 0 fully saturated rings. The minimum atomic E-state index is -0.0290. The number of carbonyl (C=O) groups is 1. The Balaban J connectivity index is 1.66. The van der Waals surface area contributed by atoms with Gasteiger partial charge in [-0.3, -0.25) is 4.79 Å². The summed E-state index contributed by atoms with van der Waals surface area (Å²) in [5, 5.41) is 4.98. The highest BCUT2D eigenvalue weighted by Gasteiger charge is 2.09. The smallest absolute Gasteiger partial charge is 0.234 e. The fourth-order valence-corrected chi connectivity index (χ4v) is 3.54. The first-order valence-corrected chi connectivity index (χ1v) is 9.49. The molecule has 5 heteroatoms. The number of carbonyl (C=O) groups excluding carboxylic acids is 1. The van der Waals surface area contributed by atoms with Crippen molar-refractivity contribution in [1.82, 2.24) is 4.98 Å². The number of aryl methyl sites for hydroxylation is 2. The molecule has 0 bridgehead atoms. The van der Waals surface area contributed by atoms with Gasteiger partial charge in [0.05, 0.1) is 11.3 Å². The number of para-hydroxylation sites is 1. The minimum Gasteiger partial charge on any atom is -0.378 e. The molecule has 4 nitrogen and oxygen atoms in total. The van der Waals surface area contributed by atoms with E-state index in [1.807, 2.05) is 56.3 Å². The van der Waals surface area contributed by atoms with Gasteiger partial charge >= 0.3 is 0 Å². The number of pyridine rings is 1. The summed E-state index contributed by atoms with van der Waals surface area (Å²) >= 11 is 1.47. The van der Waals surface area contributed by atoms with Crippen LogP contribution < -0.4 is 10.2 Å². The van der Waals surface area contributed by atoms with Crippen LogP contribution in [0.1, 0.15) is 11.1 Å². The van der Waals surface area contributed by atoms with E-state index in [1.165, 1.54) is 11.8 Å². The van der Waals surface area contributed by atoms with Gasteiger partial charge in [-0.1, -0.05) is 30.0 Å². The molecule has 0 radical (unpaired) electrons. The number of amides is 1. The summed E-state index contributed by atoms with van der Waals surface area (Å²) in [6, 6.07) is 16.1. The lowest BCUT2D eigenvalue weighted by molar-refractivity contribution is -0.113. The zero-order valence-electron chi connectivity index (χ0n) is 15.5. The SMILES string of the molecule is Cc1cc2cccc(C)c2nc1SCC(=O)Nc1ccc(N(C)C)cc1. The Morgan fingerprint density at radius 3 is 2.50 bits per heavy atom. The summed E-state index contributed by atoms with van der Waals surface area (Å²) in [7, 11) is 3.98. The van der Waals surface area contributed by atoms with Gasteiger partial charge in [0.25, 0.3) is 0 Å². The monoisotopic (exact) mass is 365 g/mol. The third-order valence-corrected chi connectivity index (χ3v) is 5.29. The van der Waals surface area contributed by atoms with E-state index in [4.69, 9.17) is 4.98 Å². The first-order valence-electron chi connectivity index (χ1n) is 8.51. The van der Waals surface area contributed by atoms with Gasteiger partial charge in [0.2, 0.25) is 5.91 Å². The highest BCUT2D eigenvalue weighted by atomic mass is 32.2. The van der Waals surface area contributed by atoms with Crippen LogP contribution in [0.2, 0.25) is 0 Å². The van der Waals surface area contributed by atoms with Crippen molar-refractivity contribution in [3.05, 3.63) is 59.7 Å². The number of rotatable bonds is 5. The van der Waals surface area contributed by atoms with E-state index in [2.05, 4.69) is 30.4 Å². The number of benzene rings is 2. The van der Waals surface area contributed by atoms with Gasteiger partial charge in [-0.05, 0) is 55.3 Å². The Bertz CT molecular complexity index is 936. The van der Waals surface area contributed by atoms with E-state index < -0.39 is 0 Å². The molecule has 26 heavy (non-hydrogen) atoms. The molecule has 1 aromatic heterocycles. The van der Waals surface area contributed by atoms with Crippen LogP contribution in [0.15, 0.2) is 53.6 Å². The molecule has 0 aliphatic carbocycles. The van der Waals surface area contributed by atoms with Crippen LogP contribution in [-0.2, 0) is 4.79 Å². The van der Waals surface area contributed by atoms with Crippen LogP contribution in [0.5, 0.6) is 0 Å². The van der Waals surface area contributed by atoms with Crippen LogP contribution >= 0.6 is 11.8 Å². The number of hydrogen-bond donors (Lipinski definition) is 1. The summed E-state index contributed by atoms with van der Waals surface area (Å²) in [5.74, 6) is 0.305. The lowest BCUT2D eigenvalue weighted by atomic mass is 10.1. The maximum atomic E-state index is 12.3. The molecule has 1 amide bonds. The molecular weight excluding hydrogens is 342 g/mol. The standard InChI is InChI=1S/C21H23N3OS/c1-14-6-5-7-16-12-15(2)21(23-20(14)16)26-13-19(25)22-17-8-10-18(11-9-17)24(3)4/h5-12H,13H2,1-4H3,(H,22,25). The summed E-state index contributed by atoms with van der Waals surface area (Å²) in [6.07, 6.45) is 0. The largest absolute Gasteiger partial charge is 0.378 e. The Morgan fingerprint density at radius 1 is 1.08 bits per heavy atom. The third kappa shape index (κ3) is 4.17. The topological polar surface area (TPSA) is 45.2 Å². The lowest BCUT2D eigenvalue weighted by Crippen LogP contribution is -2.14. The van der Waals surface area contributed by atoms with Gasteiger partial charge < -0.3 is 10.2 Å². The van der Waals surface area contributed by atoms with Crippen molar-refractivity contribution >= 4 is 39.9 Å². The molecule has 0 saturated carbocycles. The molecule has 134 valence electrons. The number of fused-ring (bicyclic) bond motifs is 1. The van der Waals surface area contributed by atoms with Crippen molar-refractivity contribution in [2.45, 2.75) is 18.9 Å². The maximum absolute atomic E-state index is 12.3. The van der Waals surface area contributed by atoms with Crippen molar-refractivity contribution in [1.29, 1.82) is 0 Å². The number of thioether (sulfide) groups is 1. The highest BCUT2D eigenvalue weighted by molar-refractivity contribution is 8.00. The van der Waals surface area contributed by atoms with Gasteiger partial charge in [0.15, 0.2) is 0 Å². The number of nitrogens with one attached hydrogen (secondary N) is 1. The zero-order valence-corrected chi connectivity index (χ0v) is 16.4. The quantitative estimate of drug-likeness (QED) is 0.669. The Kier molecular flexibility index (Phi) is 5.47. The maximum Gasteiger partial charge on any atom is 0.234 e. The number of hydrogen-bond acceptors (Lipinski definition) is 4. The zero-order chi connectivity index (χ0) is 18.7. The Labute approximate surface area is 158 Å². The van der Waals surface area contributed by atoms with Crippen molar-refractivity contribution in [3.63, 3.8) is 0 Å². The summed E-state index contributed by atoms with van der Waals surface area (Å²) in [6.45, 7) is 4.10. The van der Waals surface area contributed by atoms with Crippen LogP contribution in [0.4, 0.5) is 11.4 Å². The van der Waals surface area contributed by atoms with Crippen LogP contribution in [0.25, 0.3) is 10.9 Å². The average Bonchev–Trinajstić information content (AvgIpc) is 2.61. The number of aromatic nitrogens is 1. The van der Waals surface area contributed by atoms with Crippen molar-refractivity contribution < 1.29 is 4.79 Å². The van der Waals surface area contributed by atoms with Crippen LogP contribution in [0.3, 0.4) is 0 Å². The Hall–Kier alpha value is -2.53. The third-order valence-electron chi connectivity index (χ3n) is 4.20. The predicted octanol–water partition coefficient (Wildman–Crippen LogP) is 4.65. The molecule has 0 atom stereocenters. The molecular formula is C21H23N3OS. The fourth-order valence-electron chi connectivity index (χ4n) is 2.76. The van der Waals surface area contributed by atoms with E-state index in [1.54, 1.807) is 0 Å². The van der Waals surface area contributed by atoms with Gasteiger partial charge in [-0.15, -0.1) is 0 Å². The number of nitrogens with zero attached hydrogens (tertiary/aromatic N) is 2. The van der Waals surface area contributed by atoms with Crippen LogP contribution in [-0.4, -0.2) is 30.7 Å². The Morgan fingerprint density at radius 2 is 1.81 bits per heavy atom. The van der Waals surface area contributed by atoms with Crippen LogP contribution in [0, 0.1) is 13.8 Å². The first-order chi connectivity index (χ1) is 12.4. The molecule has 3 rings (SSSR count). The summed E-state index contributed by atoms with van der Waals surface area (Å²) < 4.78 is 0. The second-order valence-corrected chi connectivity index (χ2v) is 7.50. The molecule has 2 aromatic carbocycles. The molecule has 0 aliphatic rings. The van der Waals surface area contributed by atoms with Crippen molar-refractivity contribution in [2.24, 2.45) is 0 Å². The number of anilines is 2. The summed E-state index contributed by atoms with van der Waals surface area (Å²) in [5.41, 5.74) is 5.15. The lowest BCUT2D eigenvalue weighted by Gasteiger charge is -2.13.